The van der Waals surface area contributed by atoms with E-state index in [1.807, 2.05) is 13.8 Å². The molecule has 0 aliphatic carbocycles. The molecule has 3 rings (SSSR count). The first-order valence-corrected chi connectivity index (χ1v) is 12.3. The van der Waals surface area contributed by atoms with Gasteiger partial charge in [-0.3, -0.25) is 15.0 Å². The second kappa shape index (κ2) is 10.5. The van der Waals surface area contributed by atoms with Gasteiger partial charge in [0.1, 0.15) is 5.84 Å². The van der Waals surface area contributed by atoms with Gasteiger partial charge in [0.2, 0.25) is 10.0 Å². The minimum atomic E-state index is -3.92. The fraction of sp³-hybridized carbons (Fsp3) is 0.160. The number of nitrogens with two attached hydrogens (primary N) is 2. The molecular formula is C25H27N5O4S. The third-order valence-electron chi connectivity index (χ3n) is 5.10. The number of hydrogen-bond donors (Lipinski definition) is 4. The summed E-state index contributed by atoms with van der Waals surface area (Å²) in [4.78, 5) is 27.2. The van der Waals surface area contributed by atoms with Gasteiger partial charge in [-0.25, -0.2) is 13.6 Å². The summed E-state index contributed by atoms with van der Waals surface area (Å²) in [7, 11) is -3.92. The first kappa shape index (κ1) is 25.6. The number of benzene rings is 3. The number of nitrogen functional groups attached to an aromatic ring is 1. The number of carbonyl (C=O) groups excluding carboxylic acids is 2. The molecule has 0 fully saturated rings. The molecule has 9 nitrogen and oxygen atoms in total. The van der Waals surface area contributed by atoms with Crippen LogP contribution in [-0.2, 0) is 19.6 Å². The number of rotatable bonds is 7. The number of amidine groups is 1. The molecule has 2 amide bonds. The minimum Gasteiger partial charge on any atom is -0.384 e. The molecule has 0 heterocycles. The lowest BCUT2D eigenvalue weighted by Crippen LogP contribution is -2.42. The van der Waals surface area contributed by atoms with Gasteiger partial charge in [0.25, 0.3) is 0 Å². The van der Waals surface area contributed by atoms with Crippen LogP contribution in [0.3, 0.4) is 0 Å². The second-order valence-corrected chi connectivity index (χ2v) is 9.88. The van der Waals surface area contributed by atoms with Crippen molar-refractivity contribution in [3.8, 4) is 11.1 Å². The molecule has 0 atom stereocenters. The van der Waals surface area contributed by atoms with Crippen LogP contribution >= 0.6 is 0 Å². The predicted molar refractivity (Wildman–Crippen MR) is 137 cm³/mol. The molecular weight excluding hydrogens is 466 g/mol. The van der Waals surface area contributed by atoms with Crippen molar-refractivity contribution in [2.75, 3.05) is 16.8 Å². The van der Waals surface area contributed by atoms with E-state index in [4.69, 9.17) is 16.3 Å². The number of amides is 2. The van der Waals surface area contributed by atoms with E-state index in [0.29, 0.717) is 28.1 Å². The topological polar surface area (TPSA) is 159 Å². The summed E-state index contributed by atoms with van der Waals surface area (Å²) in [6, 6.07) is 19.3. The molecule has 35 heavy (non-hydrogen) atoms. The third kappa shape index (κ3) is 6.31. The summed E-state index contributed by atoms with van der Waals surface area (Å²) in [6.45, 7) is 4.13. The summed E-state index contributed by atoms with van der Waals surface area (Å²) in [5.74, 6) is -1.66. The number of primary sulfonamides is 1. The van der Waals surface area contributed by atoms with Crippen molar-refractivity contribution in [2.24, 2.45) is 16.8 Å². The van der Waals surface area contributed by atoms with Crippen molar-refractivity contribution in [1.29, 1.82) is 5.41 Å². The first-order chi connectivity index (χ1) is 16.5. The maximum absolute atomic E-state index is 13.1. The van der Waals surface area contributed by atoms with E-state index < -0.39 is 21.8 Å². The van der Waals surface area contributed by atoms with Crippen LogP contribution < -0.4 is 21.1 Å². The van der Waals surface area contributed by atoms with Crippen LogP contribution in [0.4, 0.5) is 11.4 Å². The highest BCUT2D eigenvalue weighted by Gasteiger charge is 2.25. The molecule has 0 saturated carbocycles. The van der Waals surface area contributed by atoms with Gasteiger partial charge in [0.15, 0.2) is 0 Å². The molecule has 0 aromatic heterocycles. The normalized spacial score (nSPS) is 11.2. The number of anilines is 2. The maximum atomic E-state index is 13.1. The lowest BCUT2D eigenvalue weighted by molar-refractivity contribution is -0.134. The van der Waals surface area contributed by atoms with Gasteiger partial charge in [-0.2, -0.15) is 0 Å². The average Bonchev–Trinajstić information content (AvgIpc) is 2.82. The van der Waals surface area contributed by atoms with E-state index in [2.05, 4.69) is 5.32 Å². The SMILES string of the molecule is CC(C)CN(C(=O)C(=O)Nc1ccc(-c2ccccc2S(N)(=O)=O)cc1)c1cccc(C(=N)N)c1. The van der Waals surface area contributed by atoms with Crippen LogP contribution in [0.5, 0.6) is 0 Å². The Hall–Kier alpha value is -4.02. The Labute approximate surface area is 204 Å². The predicted octanol–water partition coefficient (Wildman–Crippen LogP) is 2.91. The highest BCUT2D eigenvalue weighted by atomic mass is 32.2. The highest BCUT2D eigenvalue weighted by molar-refractivity contribution is 7.89. The Morgan fingerprint density at radius 2 is 1.66 bits per heavy atom. The maximum Gasteiger partial charge on any atom is 0.316 e. The molecule has 182 valence electrons. The smallest absolute Gasteiger partial charge is 0.316 e. The number of sulfonamides is 1. The lowest BCUT2D eigenvalue weighted by Gasteiger charge is -2.24. The van der Waals surface area contributed by atoms with Gasteiger partial charge in [0, 0.05) is 29.0 Å². The van der Waals surface area contributed by atoms with Gasteiger partial charge in [0.05, 0.1) is 4.90 Å². The van der Waals surface area contributed by atoms with Crippen LogP contribution in [0.15, 0.2) is 77.7 Å². The molecule has 0 saturated heterocycles. The van der Waals surface area contributed by atoms with Gasteiger partial charge in [-0.1, -0.05) is 56.3 Å². The molecule has 3 aromatic carbocycles. The summed E-state index contributed by atoms with van der Waals surface area (Å²) in [5, 5.41) is 15.5. The Kier molecular flexibility index (Phi) is 7.68. The van der Waals surface area contributed by atoms with Gasteiger partial charge < -0.3 is 16.0 Å². The zero-order valence-electron chi connectivity index (χ0n) is 19.4. The van der Waals surface area contributed by atoms with Crippen molar-refractivity contribution in [2.45, 2.75) is 18.7 Å². The van der Waals surface area contributed by atoms with Crippen LogP contribution in [0.2, 0.25) is 0 Å². The van der Waals surface area contributed by atoms with E-state index in [1.54, 1.807) is 66.7 Å². The zero-order valence-corrected chi connectivity index (χ0v) is 20.2. The van der Waals surface area contributed by atoms with E-state index >= 15 is 0 Å². The molecule has 10 heteroatoms. The molecule has 0 aliphatic rings. The highest BCUT2D eigenvalue weighted by Crippen LogP contribution is 2.27. The number of hydrogen-bond acceptors (Lipinski definition) is 5. The monoisotopic (exact) mass is 493 g/mol. The van der Waals surface area contributed by atoms with Crippen molar-refractivity contribution >= 4 is 39.0 Å². The number of nitrogens with zero attached hydrogens (tertiary/aromatic N) is 1. The fourth-order valence-corrected chi connectivity index (χ4v) is 4.27. The van der Waals surface area contributed by atoms with Crippen LogP contribution in [0.1, 0.15) is 19.4 Å². The van der Waals surface area contributed by atoms with Crippen molar-refractivity contribution in [1.82, 2.24) is 0 Å². The summed E-state index contributed by atoms with van der Waals surface area (Å²) >= 11 is 0. The van der Waals surface area contributed by atoms with Crippen molar-refractivity contribution in [3.63, 3.8) is 0 Å². The van der Waals surface area contributed by atoms with Gasteiger partial charge >= 0.3 is 11.8 Å². The van der Waals surface area contributed by atoms with Gasteiger partial charge in [-0.15, -0.1) is 0 Å². The summed E-state index contributed by atoms with van der Waals surface area (Å²) in [6.07, 6.45) is 0. The largest absolute Gasteiger partial charge is 0.384 e. The minimum absolute atomic E-state index is 0.0101. The van der Waals surface area contributed by atoms with Crippen LogP contribution in [-0.4, -0.2) is 32.6 Å². The Morgan fingerprint density at radius 3 is 2.26 bits per heavy atom. The molecule has 0 radical (unpaired) electrons. The van der Waals surface area contributed by atoms with E-state index in [-0.39, 0.29) is 23.2 Å². The molecule has 3 aromatic rings. The van der Waals surface area contributed by atoms with Crippen molar-refractivity contribution < 1.29 is 18.0 Å². The molecule has 6 N–H and O–H groups in total. The number of nitrogens with one attached hydrogen (secondary N) is 2. The zero-order chi connectivity index (χ0) is 25.8. The van der Waals surface area contributed by atoms with Crippen molar-refractivity contribution in [3.05, 3.63) is 78.4 Å². The summed E-state index contributed by atoms with van der Waals surface area (Å²) < 4.78 is 23.8. The van der Waals surface area contributed by atoms with Gasteiger partial charge in [-0.05, 0) is 41.8 Å². The second-order valence-electron chi connectivity index (χ2n) is 8.35. The first-order valence-electron chi connectivity index (χ1n) is 10.8. The van der Waals surface area contributed by atoms with Crippen LogP contribution in [0, 0.1) is 11.3 Å². The van der Waals surface area contributed by atoms with Crippen LogP contribution in [0.25, 0.3) is 11.1 Å². The van der Waals surface area contributed by atoms with E-state index in [1.165, 1.54) is 11.0 Å². The standard InChI is InChI=1S/C25H27N5O4S/c1-16(2)15-30(20-7-5-6-18(14-20)23(26)27)25(32)24(31)29-19-12-10-17(11-13-19)21-8-3-4-9-22(21)35(28,33)34/h3-14,16H,15H2,1-2H3,(H3,26,27)(H,29,31)(H2,28,33,34). The Morgan fingerprint density at radius 1 is 1.00 bits per heavy atom. The summed E-state index contributed by atoms with van der Waals surface area (Å²) in [5.41, 5.74) is 7.85. The fourth-order valence-electron chi connectivity index (χ4n) is 3.51. The number of carbonyl (C=O) groups is 2. The Balaban J connectivity index is 1.83. The van der Waals surface area contributed by atoms with E-state index in [0.717, 1.165) is 0 Å². The third-order valence-corrected chi connectivity index (χ3v) is 6.07. The molecule has 0 bridgehead atoms. The molecule has 0 unspecified atom stereocenters. The van der Waals surface area contributed by atoms with E-state index in [9.17, 15) is 18.0 Å². The molecule has 0 aliphatic heterocycles. The molecule has 0 spiro atoms. The average molecular weight is 494 g/mol. The Bertz CT molecular complexity index is 1370. The quantitative estimate of drug-likeness (QED) is 0.226. The lowest BCUT2D eigenvalue weighted by atomic mass is 10.1.